The van der Waals surface area contributed by atoms with E-state index in [0.29, 0.717) is 17.7 Å². The van der Waals surface area contributed by atoms with Gasteiger partial charge in [-0.15, -0.1) is 11.6 Å². The lowest BCUT2D eigenvalue weighted by Crippen LogP contribution is -2.01. The lowest BCUT2D eigenvalue weighted by Gasteiger charge is -2.14. The van der Waals surface area contributed by atoms with E-state index >= 15 is 0 Å². The van der Waals surface area contributed by atoms with Gasteiger partial charge < -0.3 is 4.74 Å². The van der Waals surface area contributed by atoms with Gasteiger partial charge in [-0.3, -0.25) is 0 Å². The Morgan fingerprint density at radius 1 is 1.15 bits per heavy atom. The first-order valence-electron chi connectivity index (χ1n) is 6.55. The molecule has 0 saturated carbocycles. The van der Waals surface area contributed by atoms with Crippen LogP contribution in [0.5, 0.6) is 5.75 Å². The molecule has 1 nitrogen and oxygen atoms in total. The molecule has 0 bridgehead atoms. The van der Waals surface area contributed by atoms with Crippen LogP contribution < -0.4 is 4.74 Å². The summed E-state index contributed by atoms with van der Waals surface area (Å²) in [5.41, 5.74) is 4.02. The second-order valence-electron chi connectivity index (χ2n) is 4.99. The van der Waals surface area contributed by atoms with Gasteiger partial charge in [-0.2, -0.15) is 0 Å². The number of aryl methyl sites for hydroxylation is 2. The molecule has 1 atom stereocenters. The van der Waals surface area contributed by atoms with Crippen molar-refractivity contribution in [2.75, 3.05) is 7.11 Å². The van der Waals surface area contributed by atoms with Crippen LogP contribution in [-0.2, 0) is 6.42 Å². The van der Waals surface area contributed by atoms with E-state index in [4.69, 9.17) is 16.3 Å². The highest BCUT2D eigenvalue weighted by Crippen LogP contribution is 2.30. The van der Waals surface area contributed by atoms with Crippen molar-refractivity contribution in [3.8, 4) is 5.75 Å². The van der Waals surface area contributed by atoms with Crippen LogP contribution in [0, 0.1) is 19.7 Å². The molecule has 0 aliphatic heterocycles. The molecule has 20 heavy (non-hydrogen) atoms. The van der Waals surface area contributed by atoms with E-state index in [1.54, 1.807) is 12.1 Å². The normalized spacial score (nSPS) is 12.2. The first-order valence-corrected chi connectivity index (χ1v) is 6.98. The van der Waals surface area contributed by atoms with E-state index < -0.39 is 0 Å². The van der Waals surface area contributed by atoms with Gasteiger partial charge in [0.25, 0.3) is 0 Å². The molecule has 1 unspecified atom stereocenters. The zero-order valence-electron chi connectivity index (χ0n) is 11.9. The number of ether oxygens (including phenoxy) is 1. The maximum Gasteiger partial charge on any atom is 0.131 e. The fourth-order valence-corrected chi connectivity index (χ4v) is 2.56. The van der Waals surface area contributed by atoms with Crippen LogP contribution in [0.1, 0.15) is 27.6 Å². The Balaban J connectivity index is 2.23. The third-order valence-electron chi connectivity index (χ3n) is 3.45. The predicted molar refractivity (Wildman–Crippen MR) is 81.2 cm³/mol. The molecule has 2 aromatic rings. The topological polar surface area (TPSA) is 9.23 Å². The highest BCUT2D eigenvalue weighted by Gasteiger charge is 2.15. The number of hydrogen-bond donors (Lipinski definition) is 0. The summed E-state index contributed by atoms with van der Waals surface area (Å²) in [6.45, 7) is 4.09. The largest absolute Gasteiger partial charge is 0.497 e. The van der Waals surface area contributed by atoms with Crippen LogP contribution in [0.15, 0.2) is 36.4 Å². The Bertz CT molecular complexity index is 610. The molecule has 3 heteroatoms. The summed E-state index contributed by atoms with van der Waals surface area (Å²) in [5, 5.41) is -0.388. The van der Waals surface area contributed by atoms with Crippen molar-refractivity contribution in [2.45, 2.75) is 25.6 Å². The van der Waals surface area contributed by atoms with Crippen molar-refractivity contribution in [1.82, 2.24) is 0 Å². The van der Waals surface area contributed by atoms with Gasteiger partial charge in [0.1, 0.15) is 11.6 Å². The van der Waals surface area contributed by atoms with Gasteiger partial charge in [0, 0.05) is 11.6 Å². The number of alkyl halides is 1. The molecule has 0 amide bonds. The van der Waals surface area contributed by atoms with Crippen molar-refractivity contribution >= 4 is 11.6 Å². The van der Waals surface area contributed by atoms with Crippen molar-refractivity contribution in [3.05, 3.63) is 64.5 Å². The van der Waals surface area contributed by atoms with E-state index in [0.717, 1.165) is 5.56 Å². The molecule has 0 saturated heterocycles. The van der Waals surface area contributed by atoms with E-state index in [9.17, 15) is 4.39 Å². The predicted octanol–water partition coefficient (Wildman–Crippen LogP) is 4.97. The van der Waals surface area contributed by atoms with Gasteiger partial charge >= 0.3 is 0 Å². The average Bonchev–Trinajstić information content (AvgIpc) is 2.42. The first-order chi connectivity index (χ1) is 9.51. The molecule has 0 aliphatic carbocycles. The molecule has 2 rings (SSSR count). The number of benzene rings is 2. The molecule has 0 fully saturated rings. The quantitative estimate of drug-likeness (QED) is 0.723. The Morgan fingerprint density at radius 3 is 2.55 bits per heavy atom. The van der Waals surface area contributed by atoms with Crippen molar-refractivity contribution in [3.63, 3.8) is 0 Å². The molecule has 106 valence electrons. The van der Waals surface area contributed by atoms with Gasteiger partial charge in [-0.05, 0) is 37.5 Å². The summed E-state index contributed by atoms with van der Waals surface area (Å²) in [6.07, 6.45) is 0.609. The van der Waals surface area contributed by atoms with Crippen molar-refractivity contribution in [1.29, 1.82) is 0 Å². The fraction of sp³-hybridized carbons (Fsp3) is 0.294. The van der Waals surface area contributed by atoms with E-state index in [2.05, 4.69) is 18.2 Å². The minimum absolute atomic E-state index is 0.324. The van der Waals surface area contributed by atoms with Crippen molar-refractivity contribution < 1.29 is 9.13 Å². The van der Waals surface area contributed by atoms with Crippen LogP contribution in [-0.4, -0.2) is 7.11 Å². The molecule has 0 aliphatic rings. The summed E-state index contributed by atoms with van der Waals surface area (Å²) in [4.78, 5) is 0. The number of rotatable bonds is 4. The smallest absolute Gasteiger partial charge is 0.131 e. The van der Waals surface area contributed by atoms with E-state index in [1.807, 2.05) is 13.8 Å². The van der Waals surface area contributed by atoms with Gasteiger partial charge in [0.2, 0.25) is 0 Å². The SMILES string of the molecule is COc1ccc(C(Cl)Cc2cc(C)ccc2C)c(F)c1. The zero-order valence-corrected chi connectivity index (χ0v) is 12.7. The summed E-state index contributed by atoms with van der Waals surface area (Å²) >= 11 is 6.39. The Morgan fingerprint density at radius 2 is 1.90 bits per heavy atom. The molecule has 2 aromatic carbocycles. The standard InChI is InChI=1S/C17H18ClFO/c1-11-4-5-12(2)13(8-11)9-16(18)15-7-6-14(20-3)10-17(15)19/h4-8,10,16H,9H2,1-3H3. The molecule has 0 aromatic heterocycles. The highest BCUT2D eigenvalue weighted by molar-refractivity contribution is 6.21. The Kier molecular flexibility index (Phi) is 4.66. The molecule has 0 radical (unpaired) electrons. The average molecular weight is 293 g/mol. The minimum atomic E-state index is -0.388. The third kappa shape index (κ3) is 3.31. The molecular weight excluding hydrogens is 275 g/mol. The maximum atomic E-state index is 14.0. The van der Waals surface area contributed by atoms with E-state index in [-0.39, 0.29) is 11.2 Å². The first kappa shape index (κ1) is 14.9. The number of hydrogen-bond acceptors (Lipinski definition) is 1. The van der Waals surface area contributed by atoms with Crippen LogP contribution >= 0.6 is 11.6 Å². The lowest BCUT2D eigenvalue weighted by atomic mass is 9.98. The van der Waals surface area contributed by atoms with Gasteiger partial charge in [0.15, 0.2) is 0 Å². The summed E-state index contributed by atoms with van der Waals surface area (Å²) in [6, 6.07) is 11.0. The Hall–Kier alpha value is -1.54. The van der Waals surface area contributed by atoms with Crippen molar-refractivity contribution in [2.24, 2.45) is 0 Å². The third-order valence-corrected chi connectivity index (χ3v) is 3.84. The maximum absolute atomic E-state index is 14.0. The van der Waals surface area contributed by atoms with Crippen LogP contribution in [0.4, 0.5) is 4.39 Å². The van der Waals surface area contributed by atoms with Gasteiger partial charge in [-0.25, -0.2) is 4.39 Å². The van der Waals surface area contributed by atoms with Gasteiger partial charge in [0.05, 0.1) is 12.5 Å². The molecular formula is C17H18ClFO. The second kappa shape index (κ2) is 6.27. The monoisotopic (exact) mass is 292 g/mol. The zero-order chi connectivity index (χ0) is 14.7. The minimum Gasteiger partial charge on any atom is -0.497 e. The summed E-state index contributed by atoms with van der Waals surface area (Å²) in [7, 11) is 1.52. The lowest BCUT2D eigenvalue weighted by molar-refractivity contribution is 0.410. The molecule has 0 N–H and O–H groups in total. The molecule has 0 spiro atoms. The summed E-state index contributed by atoms with van der Waals surface area (Å²) in [5.74, 6) is 0.177. The second-order valence-corrected chi connectivity index (χ2v) is 5.52. The number of methoxy groups -OCH3 is 1. The Labute approximate surface area is 124 Å². The molecule has 0 heterocycles. The van der Waals surface area contributed by atoms with Gasteiger partial charge in [-0.1, -0.05) is 29.8 Å². The summed E-state index contributed by atoms with van der Waals surface area (Å²) < 4.78 is 19.0. The number of halogens is 2. The van der Waals surface area contributed by atoms with Crippen LogP contribution in [0.2, 0.25) is 0 Å². The van der Waals surface area contributed by atoms with E-state index in [1.165, 1.54) is 24.3 Å². The highest BCUT2D eigenvalue weighted by atomic mass is 35.5. The fourth-order valence-electron chi connectivity index (χ4n) is 2.21. The van der Waals surface area contributed by atoms with Crippen LogP contribution in [0.3, 0.4) is 0 Å². The van der Waals surface area contributed by atoms with Crippen LogP contribution in [0.25, 0.3) is 0 Å².